The molecule has 17 heteroatoms. The summed E-state index contributed by atoms with van der Waals surface area (Å²) in [5.41, 5.74) is 0.173. The van der Waals surface area contributed by atoms with E-state index in [1.807, 2.05) is 123 Å². The Kier molecular flexibility index (Phi) is 33.0. The number of nitrogens with zero attached hydrogens (tertiary/aromatic N) is 1. The number of hydrogen-bond donors (Lipinski definition) is 5. The van der Waals surface area contributed by atoms with E-state index in [9.17, 15) is 44.9 Å². The lowest BCUT2D eigenvalue weighted by molar-refractivity contribution is -0.537. The molecule has 0 saturated heterocycles. The second-order valence-electron chi connectivity index (χ2n) is 23.6. The van der Waals surface area contributed by atoms with Crippen LogP contribution in [-0.2, 0) is 41.6 Å². The largest absolute Gasteiger partial charge is 0.519 e. The van der Waals surface area contributed by atoms with Crippen molar-refractivity contribution in [3.05, 3.63) is 81.9 Å². The van der Waals surface area contributed by atoms with Gasteiger partial charge in [0.2, 0.25) is 6.04 Å². The zero-order valence-electron chi connectivity index (χ0n) is 48.0. The van der Waals surface area contributed by atoms with Gasteiger partial charge in [0, 0.05) is 24.6 Å². The molecule has 0 aliphatic heterocycles. The highest BCUT2D eigenvalue weighted by Gasteiger charge is 2.36. The topological polar surface area (TPSA) is 243 Å². The third kappa shape index (κ3) is 33.5. The number of aliphatic hydroxyl groups excluding tert-OH is 4. The van der Waals surface area contributed by atoms with Crippen molar-refractivity contribution in [2.24, 2.45) is 47.3 Å². The van der Waals surface area contributed by atoms with Gasteiger partial charge in [0.1, 0.15) is 22.9 Å². The molecule has 2 rings (SSSR count). The van der Waals surface area contributed by atoms with Gasteiger partial charge in [0.05, 0.1) is 38.6 Å². The van der Waals surface area contributed by atoms with E-state index >= 15 is 0 Å². The quantitative estimate of drug-likeness (QED) is 0.0193. The summed E-state index contributed by atoms with van der Waals surface area (Å²) in [7, 11) is 0. The molecule has 2 aromatic rings. The highest BCUT2D eigenvalue weighted by Crippen LogP contribution is 2.27. The molecular weight excluding hydrogens is 953 g/mol. The third-order valence-corrected chi connectivity index (χ3v) is 12.1. The van der Waals surface area contributed by atoms with Crippen LogP contribution in [0.25, 0.3) is 0 Å². The molecule has 426 valence electrons. The summed E-state index contributed by atoms with van der Waals surface area (Å²) in [6.45, 7) is 33.6. The molecule has 0 radical (unpaired) electrons. The van der Waals surface area contributed by atoms with Gasteiger partial charge in [-0.1, -0.05) is 116 Å². The number of carbonyl (C=O) groups excluding carboxylic acids is 3. The van der Waals surface area contributed by atoms with Crippen LogP contribution in [0.5, 0.6) is 0 Å². The van der Waals surface area contributed by atoms with E-state index in [1.54, 1.807) is 41.5 Å². The van der Waals surface area contributed by atoms with Crippen molar-refractivity contribution in [2.75, 3.05) is 26.4 Å². The van der Waals surface area contributed by atoms with Crippen molar-refractivity contribution in [1.29, 1.82) is 0 Å². The van der Waals surface area contributed by atoms with Crippen LogP contribution < -0.4 is 5.32 Å². The first kappa shape index (κ1) is 69.6. The number of nitrogens with one attached hydrogen (secondary N) is 1. The summed E-state index contributed by atoms with van der Waals surface area (Å²) in [5.74, 6) is 0.826. The number of alkyl carbamates (subject to hydrolysis) is 1. The minimum atomic E-state index is -1.07. The molecule has 0 saturated carbocycles. The third-order valence-electron chi connectivity index (χ3n) is 12.1. The number of hydrogen-bond acceptors (Lipinski definition) is 15. The molecule has 2 aromatic carbocycles. The van der Waals surface area contributed by atoms with Crippen molar-refractivity contribution in [1.82, 2.24) is 5.32 Å². The SMILES string of the molecule is CC(C)(C)OC(=O)OC(=O)OC(C)(C)C.CC(C)[C@@H](CO)CC([C@@H](O)C[C@H](COCc1ccccc1)C(C)C)[N+](=O)[O-].CC(C)[C@@H](CO)C[C@H](NC(=O)OC(C)(C)C)[C@@H](O)C[C@H](COCc1ccccc1)C(C)C. The maximum atomic E-state index is 12.4. The smallest absolute Gasteiger partial charge is 0.444 e. The number of benzene rings is 2. The van der Waals surface area contributed by atoms with Gasteiger partial charge in [-0.25, -0.2) is 14.4 Å². The predicted octanol–water partition coefficient (Wildman–Crippen LogP) is 11.2. The van der Waals surface area contributed by atoms with Gasteiger partial charge in [0.15, 0.2) is 0 Å². The normalized spacial score (nSPS) is 15.3. The Balaban J connectivity index is 0.00000115. The molecule has 1 amide bonds. The number of ether oxygens (including phenoxy) is 6. The molecule has 0 spiro atoms. The van der Waals surface area contributed by atoms with Gasteiger partial charge in [0.25, 0.3) is 0 Å². The van der Waals surface area contributed by atoms with Crippen molar-refractivity contribution in [2.45, 2.75) is 198 Å². The summed E-state index contributed by atoms with van der Waals surface area (Å²) in [6, 6.07) is 18.3. The number of amides is 1. The van der Waals surface area contributed by atoms with E-state index in [0.29, 0.717) is 51.6 Å². The lowest BCUT2D eigenvalue weighted by Crippen LogP contribution is -2.48. The summed E-state index contributed by atoms with van der Waals surface area (Å²) in [6.07, 6.45) is -3.04. The lowest BCUT2D eigenvalue weighted by atomic mass is 9.84. The second kappa shape index (κ2) is 35.0. The number of rotatable bonds is 26. The molecule has 74 heavy (non-hydrogen) atoms. The number of carbonyl (C=O) groups is 3. The van der Waals surface area contributed by atoms with Gasteiger partial charge in [-0.2, -0.15) is 0 Å². The van der Waals surface area contributed by atoms with E-state index in [-0.39, 0.29) is 61.1 Å². The standard InChI is InChI=1S/C26H45NO5.C21H35NO5.C10H18O5/c1-18(2)21(15-28)13-23(27-25(30)32-26(5,6)7)24(29)14-22(19(3)4)17-31-16-20-11-9-8-10-12-20;1-15(2)18(12-23)10-20(22(25)26)21(24)11-19(16(3)4)14-27-13-17-8-6-5-7-9-17;1-9(2,3)14-7(11)13-8(12)15-10(4,5)6/h8-12,18-19,21-24,28-29H,13-17H2,1-7H3,(H,27,30);5-9,15-16,18-21,23-24H,10-14H2,1-4H3;1-6H3/t21-,22-,23+,24+;18-,19-,20?,21+;/m11./s1. The molecule has 5 N–H and O–H groups in total. The van der Waals surface area contributed by atoms with Crippen LogP contribution in [-0.4, -0.2) is 111 Å². The van der Waals surface area contributed by atoms with Crippen LogP contribution in [0.4, 0.5) is 14.4 Å². The summed E-state index contributed by atoms with van der Waals surface area (Å²) < 4.78 is 31.0. The molecule has 1 unspecified atom stereocenters. The van der Waals surface area contributed by atoms with E-state index in [0.717, 1.165) is 11.1 Å². The van der Waals surface area contributed by atoms with E-state index in [4.69, 9.17) is 23.7 Å². The van der Waals surface area contributed by atoms with Gasteiger partial charge in [-0.3, -0.25) is 10.1 Å². The monoisotopic (exact) mass is 1050 g/mol. The van der Waals surface area contributed by atoms with Crippen LogP contribution >= 0.6 is 0 Å². The first-order valence-corrected chi connectivity index (χ1v) is 26.3. The first-order valence-electron chi connectivity index (χ1n) is 26.3. The molecule has 0 bridgehead atoms. The van der Waals surface area contributed by atoms with Gasteiger partial charge in [-0.05, 0) is 140 Å². The average Bonchev–Trinajstić information content (AvgIpc) is 3.26. The predicted molar refractivity (Wildman–Crippen MR) is 288 cm³/mol. The van der Waals surface area contributed by atoms with Gasteiger partial charge < -0.3 is 54.2 Å². The molecule has 0 heterocycles. The van der Waals surface area contributed by atoms with Crippen molar-refractivity contribution in [3.8, 4) is 0 Å². The fourth-order valence-corrected chi connectivity index (χ4v) is 7.33. The second-order valence-corrected chi connectivity index (χ2v) is 23.6. The van der Waals surface area contributed by atoms with E-state index < -0.39 is 64.4 Å². The molecule has 0 aromatic heterocycles. The fraction of sp³-hybridized carbons (Fsp3) is 0.737. The molecular formula is C57H98N2O15. The van der Waals surface area contributed by atoms with Crippen LogP contribution in [0.1, 0.15) is 155 Å². The average molecular weight is 1050 g/mol. The first-order chi connectivity index (χ1) is 34.2. The highest BCUT2D eigenvalue weighted by atomic mass is 16.8. The Morgan fingerprint density at radius 1 is 0.541 bits per heavy atom. The van der Waals surface area contributed by atoms with Crippen molar-refractivity contribution >= 4 is 18.4 Å². The van der Waals surface area contributed by atoms with E-state index in [1.165, 1.54) is 0 Å². The maximum Gasteiger partial charge on any atom is 0.519 e. The number of aliphatic hydroxyl groups is 4. The molecule has 17 nitrogen and oxygen atoms in total. The van der Waals surface area contributed by atoms with Crippen molar-refractivity contribution in [3.63, 3.8) is 0 Å². The minimum Gasteiger partial charge on any atom is -0.444 e. The Morgan fingerprint density at radius 2 is 0.892 bits per heavy atom. The Bertz CT molecular complexity index is 1800. The summed E-state index contributed by atoms with van der Waals surface area (Å²) in [4.78, 5) is 45.5. The van der Waals surface area contributed by atoms with Crippen LogP contribution in [0.3, 0.4) is 0 Å². The van der Waals surface area contributed by atoms with Gasteiger partial charge >= 0.3 is 18.4 Å². The van der Waals surface area contributed by atoms with Crippen molar-refractivity contribution < 1.29 is 68.2 Å². The zero-order valence-corrected chi connectivity index (χ0v) is 48.0. The molecule has 0 aliphatic carbocycles. The Hall–Kier alpha value is -4.39. The zero-order chi connectivity index (χ0) is 57.0. The summed E-state index contributed by atoms with van der Waals surface area (Å²) in [5, 5.41) is 55.3. The molecule has 0 aliphatic rings. The summed E-state index contributed by atoms with van der Waals surface area (Å²) >= 11 is 0. The van der Waals surface area contributed by atoms with Crippen LogP contribution in [0.15, 0.2) is 60.7 Å². The maximum absolute atomic E-state index is 12.4. The van der Waals surface area contributed by atoms with E-state index in [2.05, 4.69) is 23.9 Å². The van der Waals surface area contributed by atoms with Crippen LogP contribution in [0.2, 0.25) is 0 Å². The Morgan fingerprint density at radius 3 is 1.22 bits per heavy atom. The molecule has 8 atom stereocenters. The minimum absolute atomic E-state index is 0.00464. The van der Waals surface area contributed by atoms with Gasteiger partial charge in [-0.15, -0.1) is 0 Å². The number of nitro groups is 1. The Labute approximate surface area is 443 Å². The highest BCUT2D eigenvalue weighted by molar-refractivity contribution is 5.77. The fourth-order valence-electron chi connectivity index (χ4n) is 7.33. The lowest BCUT2D eigenvalue weighted by Gasteiger charge is -2.32. The van der Waals surface area contributed by atoms with Crippen LogP contribution in [0, 0.1) is 57.5 Å². The molecule has 0 fully saturated rings.